The molecule has 0 radical (unpaired) electrons. The first-order chi connectivity index (χ1) is 10.6. The molecule has 1 N–H and O–H groups in total. The van der Waals surface area contributed by atoms with Crippen LogP contribution in [0.25, 0.3) is 11.5 Å². The van der Waals surface area contributed by atoms with Crippen LogP contribution in [-0.2, 0) is 9.59 Å². The van der Waals surface area contributed by atoms with Crippen molar-refractivity contribution in [1.29, 1.82) is 0 Å². The fourth-order valence-electron chi connectivity index (χ4n) is 1.49. The lowest BCUT2D eigenvalue weighted by Crippen LogP contribution is -2.37. The van der Waals surface area contributed by atoms with E-state index in [0.717, 1.165) is 11.8 Å². The van der Waals surface area contributed by atoms with Gasteiger partial charge in [-0.05, 0) is 12.1 Å². The molecule has 0 aromatic carbocycles. The predicted octanol–water partition coefficient (Wildman–Crippen LogP) is 0.428. The fraction of sp³-hybridized carbons (Fsp3) is 0.308. The van der Waals surface area contributed by atoms with Gasteiger partial charge in [0, 0.05) is 26.5 Å². The number of carbonyl (C=O) groups excluding carboxylic acids is 2. The smallest absolute Gasteiger partial charge is 0.277 e. The average Bonchev–Trinajstić information content (AvgIpc) is 3.02. The summed E-state index contributed by atoms with van der Waals surface area (Å²) < 4.78 is 5.45. The van der Waals surface area contributed by atoms with Crippen LogP contribution in [-0.4, -0.2) is 58.3 Å². The van der Waals surface area contributed by atoms with E-state index in [0.29, 0.717) is 16.7 Å². The molecule has 0 unspecified atom stereocenters. The molecule has 0 spiro atoms. The Morgan fingerprint density at radius 1 is 1.41 bits per heavy atom. The summed E-state index contributed by atoms with van der Waals surface area (Å²) in [6.07, 6.45) is 3.26. The molecule has 8 nitrogen and oxygen atoms in total. The largest absolute Gasteiger partial charge is 0.411 e. The first-order valence-corrected chi connectivity index (χ1v) is 7.40. The SMILES string of the molecule is CNC(=O)CN(C)C(=O)CSc1nnc(-c2cccnc2)o1. The zero-order valence-electron chi connectivity index (χ0n) is 12.1. The normalized spacial score (nSPS) is 10.3. The maximum atomic E-state index is 11.9. The molecule has 0 bridgehead atoms. The van der Waals surface area contributed by atoms with Crippen molar-refractivity contribution in [3.8, 4) is 11.5 Å². The monoisotopic (exact) mass is 321 g/mol. The highest BCUT2D eigenvalue weighted by Crippen LogP contribution is 2.22. The Hall–Kier alpha value is -2.42. The number of carbonyl (C=O) groups is 2. The van der Waals surface area contributed by atoms with E-state index in [1.165, 1.54) is 11.9 Å². The van der Waals surface area contributed by atoms with Crippen molar-refractivity contribution in [2.45, 2.75) is 5.22 Å². The molecule has 0 saturated carbocycles. The van der Waals surface area contributed by atoms with Crippen LogP contribution in [0.5, 0.6) is 0 Å². The zero-order valence-corrected chi connectivity index (χ0v) is 13.0. The molecule has 9 heteroatoms. The second-order valence-corrected chi connectivity index (χ2v) is 5.25. The third-order valence-electron chi connectivity index (χ3n) is 2.72. The summed E-state index contributed by atoms with van der Waals surface area (Å²) >= 11 is 1.12. The van der Waals surface area contributed by atoms with Gasteiger partial charge in [0.2, 0.25) is 17.7 Å². The first kappa shape index (κ1) is 16.0. The highest BCUT2D eigenvalue weighted by molar-refractivity contribution is 7.99. The van der Waals surface area contributed by atoms with Gasteiger partial charge in [-0.25, -0.2) is 0 Å². The lowest BCUT2D eigenvalue weighted by Gasteiger charge is -2.14. The predicted molar refractivity (Wildman–Crippen MR) is 80.0 cm³/mol. The van der Waals surface area contributed by atoms with Gasteiger partial charge in [-0.15, -0.1) is 10.2 Å². The van der Waals surface area contributed by atoms with Crippen LogP contribution in [0.2, 0.25) is 0 Å². The quantitative estimate of drug-likeness (QED) is 0.770. The van der Waals surface area contributed by atoms with Gasteiger partial charge in [-0.1, -0.05) is 11.8 Å². The molecule has 2 heterocycles. The van der Waals surface area contributed by atoms with E-state index in [-0.39, 0.29) is 24.1 Å². The van der Waals surface area contributed by atoms with Crippen LogP contribution in [0.3, 0.4) is 0 Å². The number of likely N-dealkylation sites (N-methyl/N-ethyl adjacent to an activating group) is 2. The van der Waals surface area contributed by atoms with Gasteiger partial charge < -0.3 is 14.6 Å². The third-order valence-corrected chi connectivity index (χ3v) is 3.52. The summed E-state index contributed by atoms with van der Waals surface area (Å²) in [6, 6.07) is 3.57. The highest BCUT2D eigenvalue weighted by Gasteiger charge is 2.15. The van der Waals surface area contributed by atoms with E-state index >= 15 is 0 Å². The summed E-state index contributed by atoms with van der Waals surface area (Å²) in [4.78, 5) is 28.4. The van der Waals surface area contributed by atoms with Gasteiger partial charge in [-0.3, -0.25) is 14.6 Å². The number of amides is 2. The van der Waals surface area contributed by atoms with Crippen LogP contribution in [0, 0.1) is 0 Å². The average molecular weight is 321 g/mol. The van der Waals surface area contributed by atoms with Crippen molar-refractivity contribution in [3.05, 3.63) is 24.5 Å². The lowest BCUT2D eigenvalue weighted by atomic mass is 10.3. The van der Waals surface area contributed by atoms with Gasteiger partial charge >= 0.3 is 0 Å². The minimum atomic E-state index is -0.225. The van der Waals surface area contributed by atoms with Crippen LogP contribution < -0.4 is 5.32 Å². The number of pyridine rings is 1. The number of thioether (sulfide) groups is 1. The molecule has 2 aromatic rings. The molecule has 0 aliphatic rings. The van der Waals surface area contributed by atoms with Gasteiger partial charge in [0.05, 0.1) is 17.9 Å². The Labute approximate surface area is 131 Å². The molecule has 2 aromatic heterocycles. The second-order valence-electron chi connectivity index (χ2n) is 4.33. The fourth-order valence-corrected chi connectivity index (χ4v) is 2.19. The molecule has 0 aliphatic carbocycles. The number of nitrogens with zero attached hydrogens (tertiary/aromatic N) is 4. The van der Waals surface area contributed by atoms with E-state index in [4.69, 9.17) is 4.42 Å². The van der Waals surface area contributed by atoms with Crippen molar-refractivity contribution in [3.63, 3.8) is 0 Å². The molecular formula is C13H15N5O3S. The Kier molecular flexibility index (Phi) is 5.48. The van der Waals surface area contributed by atoms with Crippen LogP contribution in [0.1, 0.15) is 0 Å². The van der Waals surface area contributed by atoms with Crippen molar-refractivity contribution >= 4 is 23.6 Å². The number of hydrogen-bond donors (Lipinski definition) is 1. The third kappa shape index (κ3) is 4.29. The van der Waals surface area contributed by atoms with Crippen LogP contribution in [0.4, 0.5) is 0 Å². The lowest BCUT2D eigenvalue weighted by molar-refractivity contribution is -0.132. The molecule has 116 valence electrons. The van der Waals surface area contributed by atoms with Crippen LogP contribution >= 0.6 is 11.8 Å². The molecule has 0 aliphatic heterocycles. The molecule has 2 rings (SSSR count). The van der Waals surface area contributed by atoms with Gasteiger partial charge in [-0.2, -0.15) is 0 Å². The topological polar surface area (TPSA) is 101 Å². The van der Waals surface area contributed by atoms with E-state index < -0.39 is 0 Å². The van der Waals surface area contributed by atoms with Gasteiger partial charge in [0.15, 0.2) is 0 Å². The summed E-state index contributed by atoms with van der Waals surface area (Å²) in [6.45, 7) is 0.0145. The Morgan fingerprint density at radius 3 is 2.91 bits per heavy atom. The van der Waals surface area contributed by atoms with E-state index in [2.05, 4.69) is 20.5 Å². The molecule has 22 heavy (non-hydrogen) atoms. The van der Waals surface area contributed by atoms with E-state index in [1.807, 2.05) is 0 Å². The number of rotatable bonds is 6. The van der Waals surface area contributed by atoms with E-state index in [1.54, 1.807) is 31.6 Å². The zero-order chi connectivity index (χ0) is 15.9. The molecule has 0 atom stereocenters. The Morgan fingerprint density at radius 2 is 2.23 bits per heavy atom. The molecular weight excluding hydrogens is 306 g/mol. The Balaban J connectivity index is 1.88. The minimum absolute atomic E-state index is 0.0145. The molecule has 2 amide bonds. The van der Waals surface area contributed by atoms with Gasteiger partial charge in [0.1, 0.15) is 0 Å². The van der Waals surface area contributed by atoms with E-state index in [9.17, 15) is 9.59 Å². The standard InChI is InChI=1S/C13H15N5O3S/c1-14-10(19)7-18(2)11(20)8-22-13-17-16-12(21-13)9-4-3-5-15-6-9/h3-6H,7-8H2,1-2H3,(H,14,19). The van der Waals surface area contributed by atoms with Crippen LogP contribution in [0.15, 0.2) is 34.2 Å². The molecule has 0 fully saturated rings. The summed E-state index contributed by atoms with van der Waals surface area (Å²) in [5.74, 6) is 0.0383. The second kappa shape index (κ2) is 7.55. The van der Waals surface area contributed by atoms with Crippen molar-refractivity contribution < 1.29 is 14.0 Å². The maximum absolute atomic E-state index is 11.9. The maximum Gasteiger partial charge on any atom is 0.277 e. The van der Waals surface area contributed by atoms with Gasteiger partial charge in [0.25, 0.3) is 5.22 Å². The number of nitrogens with one attached hydrogen (secondary N) is 1. The number of hydrogen-bond acceptors (Lipinski definition) is 7. The van der Waals surface area contributed by atoms with Crippen molar-refractivity contribution in [1.82, 2.24) is 25.4 Å². The summed E-state index contributed by atoms with van der Waals surface area (Å²) in [5, 5.41) is 10.5. The van der Waals surface area contributed by atoms with Crippen molar-refractivity contribution in [2.24, 2.45) is 0 Å². The minimum Gasteiger partial charge on any atom is -0.411 e. The first-order valence-electron chi connectivity index (χ1n) is 6.41. The highest BCUT2D eigenvalue weighted by atomic mass is 32.2. The summed E-state index contributed by atoms with van der Waals surface area (Å²) in [7, 11) is 3.08. The Bertz CT molecular complexity index is 646. The summed E-state index contributed by atoms with van der Waals surface area (Å²) in [5.41, 5.74) is 0.713. The van der Waals surface area contributed by atoms with Crippen molar-refractivity contribution in [2.75, 3.05) is 26.4 Å². The number of aromatic nitrogens is 3. The molecule has 0 saturated heterocycles.